The molecule has 124 valence electrons. The summed E-state index contributed by atoms with van der Waals surface area (Å²) in [6.07, 6.45) is 4.00. The van der Waals surface area contributed by atoms with Crippen molar-refractivity contribution >= 4 is 0 Å². The van der Waals surface area contributed by atoms with Gasteiger partial charge in [0.1, 0.15) is 0 Å². The molecule has 0 amide bonds. The van der Waals surface area contributed by atoms with Crippen LogP contribution in [0.5, 0.6) is 0 Å². The molecule has 1 aliphatic rings. The third kappa shape index (κ3) is 4.92. The first kappa shape index (κ1) is 16.7. The zero-order valence-corrected chi connectivity index (χ0v) is 13.9. The van der Waals surface area contributed by atoms with E-state index in [9.17, 15) is 0 Å². The van der Waals surface area contributed by atoms with Crippen LogP contribution in [0.15, 0.2) is 54.6 Å². The van der Waals surface area contributed by atoms with E-state index in [4.69, 9.17) is 14.7 Å². The highest BCUT2D eigenvalue weighted by atomic mass is 16.7. The van der Waals surface area contributed by atoms with Crippen LogP contribution in [0.2, 0.25) is 0 Å². The van der Waals surface area contributed by atoms with Gasteiger partial charge in [-0.2, -0.15) is 5.26 Å². The lowest BCUT2D eigenvalue weighted by Gasteiger charge is -2.29. The molecule has 0 atom stereocenters. The Morgan fingerprint density at radius 2 is 1.62 bits per heavy atom. The highest BCUT2D eigenvalue weighted by Crippen LogP contribution is 2.20. The van der Waals surface area contributed by atoms with Crippen LogP contribution in [-0.4, -0.2) is 19.5 Å². The van der Waals surface area contributed by atoms with Crippen molar-refractivity contribution in [1.29, 1.82) is 5.26 Å². The standard InChI is InChI=1S/C21H23NO2/c22-14-19-11-9-18(10-12-19)13-21-23-15-20(16-24-21)8-4-7-17-5-2-1-3-6-17/h1-3,5-6,9-12,20-21H,4,7-8,13,15-16H2. The van der Waals surface area contributed by atoms with Crippen LogP contribution in [0, 0.1) is 17.2 Å². The van der Waals surface area contributed by atoms with E-state index in [2.05, 4.69) is 36.4 Å². The average molecular weight is 321 g/mol. The van der Waals surface area contributed by atoms with Crippen molar-refractivity contribution < 1.29 is 9.47 Å². The minimum absolute atomic E-state index is 0.164. The zero-order chi connectivity index (χ0) is 16.6. The number of rotatable bonds is 6. The molecule has 0 radical (unpaired) electrons. The van der Waals surface area contributed by atoms with Crippen LogP contribution >= 0.6 is 0 Å². The summed E-state index contributed by atoms with van der Waals surface area (Å²) >= 11 is 0. The summed E-state index contributed by atoms with van der Waals surface area (Å²) in [6.45, 7) is 1.55. The Bertz CT molecular complexity index is 652. The van der Waals surface area contributed by atoms with Gasteiger partial charge < -0.3 is 9.47 Å². The number of ether oxygens (including phenoxy) is 2. The second kappa shape index (κ2) is 8.63. The van der Waals surface area contributed by atoms with Gasteiger partial charge in [-0.25, -0.2) is 0 Å². The van der Waals surface area contributed by atoms with Crippen molar-refractivity contribution in [3.8, 4) is 6.07 Å². The molecule has 1 saturated heterocycles. The lowest BCUT2D eigenvalue weighted by molar-refractivity contribution is -0.200. The number of nitriles is 1. The minimum atomic E-state index is -0.164. The molecule has 2 aromatic rings. The van der Waals surface area contributed by atoms with Crippen LogP contribution in [0.3, 0.4) is 0 Å². The first-order valence-electron chi connectivity index (χ1n) is 8.59. The summed E-state index contributed by atoms with van der Waals surface area (Å²) < 4.78 is 11.7. The van der Waals surface area contributed by atoms with Gasteiger partial charge >= 0.3 is 0 Å². The topological polar surface area (TPSA) is 42.2 Å². The van der Waals surface area contributed by atoms with Gasteiger partial charge in [-0.05, 0) is 42.5 Å². The Morgan fingerprint density at radius 1 is 0.917 bits per heavy atom. The van der Waals surface area contributed by atoms with E-state index < -0.39 is 0 Å². The summed E-state index contributed by atoms with van der Waals surface area (Å²) in [7, 11) is 0. The van der Waals surface area contributed by atoms with Crippen LogP contribution in [-0.2, 0) is 22.3 Å². The molecule has 0 bridgehead atoms. The predicted octanol–water partition coefficient (Wildman–Crippen LogP) is 4.11. The molecule has 0 N–H and O–H groups in total. The van der Waals surface area contributed by atoms with Gasteiger partial charge in [0, 0.05) is 12.3 Å². The van der Waals surface area contributed by atoms with Crippen molar-refractivity contribution in [2.75, 3.05) is 13.2 Å². The second-order valence-electron chi connectivity index (χ2n) is 6.35. The van der Waals surface area contributed by atoms with E-state index in [0.717, 1.165) is 38.0 Å². The van der Waals surface area contributed by atoms with E-state index in [1.807, 2.05) is 24.3 Å². The van der Waals surface area contributed by atoms with Gasteiger partial charge in [0.25, 0.3) is 0 Å². The van der Waals surface area contributed by atoms with Gasteiger partial charge in [-0.1, -0.05) is 42.5 Å². The molecule has 1 fully saturated rings. The Kier molecular flexibility index (Phi) is 6.01. The van der Waals surface area contributed by atoms with Crippen molar-refractivity contribution in [2.24, 2.45) is 5.92 Å². The van der Waals surface area contributed by atoms with E-state index >= 15 is 0 Å². The predicted molar refractivity (Wildman–Crippen MR) is 93.4 cm³/mol. The maximum absolute atomic E-state index is 8.82. The summed E-state index contributed by atoms with van der Waals surface area (Å²) in [6, 6.07) is 20.4. The maximum atomic E-state index is 8.82. The van der Waals surface area contributed by atoms with Crippen molar-refractivity contribution in [3.05, 3.63) is 71.3 Å². The average Bonchev–Trinajstić information content (AvgIpc) is 2.65. The molecule has 1 aliphatic heterocycles. The van der Waals surface area contributed by atoms with Crippen molar-refractivity contribution in [1.82, 2.24) is 0 Å². The van der Waals surface area contributed by atoms with Gasteiger partial charge in [-0.15, -0.1) is 0 Å². The molecule has 0 aliphatic carbocycles. The van der Waals surface area contributed by atoms with Gasteiger partial charge in [0.15, 0.2) is 6.29 Å². The number of nitrogens with zero attached hydrogens (tertiary/aromatic N) is 1. The number of hydrogen-bond donors (Lipinski definition) is 0. The molecule has 3 heteroatoms. The summed E-state index contributed by atoms with van der Waals surface area (Å²) in [5.74, 6) is 0.492. The van der Waals surface area contributed by atoms with E-state index in [1.165, 1.54) is 12.0 Å². The van der Waals surface area contributed by atoms with Gasteiger partial charge in [0.05, 0.1) is 24.8 Å². The van der Waals surface area contributed by atoms with Crippen molar-refractivity contribution in [3.63, 3.8) is 0 Å². The molecule has 0 aromatic heterocycles. The molecule has 3 rings (SSSR count). The Labute approximate surface area is 143 Å². The van der Waals surface area contributed by atoms with Gasteiger partial charge in [0.2, 0.25) is 0 Å². The largest absolute Gasteiger partial charge is 0.352 e. The molecular formula is C21H23NO2. The first-order chi connectivity index (χ1) is 11.8. The second-order valence-corrected chi connectivity index (χ2v) is 6.35. The number of benzene rings is 2. The summed E-state index contributed by atoms with van der Waals surface area (Å²) in [4.78, 5) is 0. The smallest absolute Gasteiger partial charge is 0.161 e. The number of aryl methyl sites for hydroxylation is 1. The Balaban J connectivity index is 1.37. The van der Waals surface area contributed by atoms with Crippen LogP contribution in [0.4, 0.5) is 0 Å². The van der Waals surface area contributed by atoms with Crippen LogP contribution in [0.1, 0.15) is 29.5 Å². The Morgan fingerprint density at radius 3 is 2.29 bits per heavy atom. The molecule has 24 heavy (non-hydrogen) atoms. The normalized spacial score (nSPS) is 20.5. The molecule has 0 spiro atoms. The lowest BCUT2D eigenvalue weighted by Crippen LogP contribution is -2.33. The fourth-order valence-corrected chi connectivity index (χ4v) is 3.01. The van der Waals surface area contributed by atoms with Gasteiger partial charge in [-0.3, -0.25) is 0 Å². The fourth-order valence-electron chi connectivity index (χ4n) is 3.01. The third-order valence-electron chi connectivity index (χ3n) is 4.44. The van der Waals surface area contributed by atoms with E-state index in [-0.39, 0.29) is 6.29 Å². The van der Waals surface area contributed by atoms with Crippen molar-refractivity contribution in [2.45, 2.75) is 32.0 Å². The molecule has 1 heterocycles. The maximum Gasteiger partial charge on any atom is 0.161 e. The molecule has 3 nitrogen and oxygen atoms in total. The minimum Gasteiger partial charge on any atom is -0.352 e. The quantitative estimate of drug-likeness (QED) is 0.804. The Hall–Kier alpha value is -2.15. The SMILES string of the molecule is N#Cc1ccc(CC2OCC(CCCc3ccccc3)CO2)cc1. The lowest BCUT2D eigenvalue weighted by atomic mass is 10.00. The highest BCUT2D eigenvalue weighted by Gasteiger charge is 2.22. The monoisotopic (exact) mass is 321 g/mol. The van der Waals surface area contributed by atoms with E-state index in [0.29, 0.717) is 11.5 Å². The molecule has 0 saturated carbocycles. The van der Waals surface area contributed by atoms with Crippen LogP contribution in [0.25, 0.3) is 0 Å². The molecular weight excluding hydrogens is 298 g/mol. The van der Waals surface area contributed by atoms with Crippen LogP contribution < -0.4 is 0 Å². The molecule has 2 aromatic carbocycles. The zero-order valence-electron chi connectivity index (χ0n) is 13.9. The first-order valence-corrected chi connectivity index (χ1v) is 8.59. The highest BCUT2D eigenvalue weighted by molar-refractivity contribution is 5.31. The van der Waals surface area contributed by atoms with E-state index in [1.54, 1.807) is 0 Å². The third-order valence-corrected chi connectivity index (χ3v) is 4.44. The number of hydrogen-bond acceptors (Lipinski definition) is 3. The molecule has 0 unspecified atom stereocenters. The summed E-state index contributed by atoms with van der Waals surface area (Å²) in [5.41, 5.74) is 3.22. The fraction of sp³-hybridized carbons (Fsp3) is 0.381. The summed E-state index contributed by atoms with van der Waals surface area (Å²) in [5, 5.41) is 8.82.